The van der Waals surface area contributed by atoms with Gasteiger partial charge >= 0.3 is 5.97 Å². The first kappa shape index (κ1) is 18.7. The average Bonchev–Trinajstić information content (AvgIpc) is 2.60. The van der Waals surface area contributed by atoms with E-state index in [2.05, 4.69) is 5.32 Å². The maximum absolute atomic E-state index is 12.3. The molecule has 5 nitrogen and oxygen atoms in total. The van der Waals surface area contributed by atoms with Crippen LogP contribution in [0.25, 0.3) is 0 Å². The number of amides is 1. The molecular weight excluding hydrogens is 318 g/mol. The van der Waals surface area contributed by atoms with Crippen LogP contribution in [0.2, 0.25) is 0 Å². The Bertz CT molecular complexity index is 695. The molecule has 0 heterocycles. The molecule has 0 saturated carbocycles. The van der Waals surface area contributed by atoms with E-state index in [4.69, 9.17) is 4.74 Å². The minimum Gasteiger partial charge on any atom is -0.480 e. The number of carbonyl (C=O) groups excluding carboxylic acids is 1. The van der Waals surface area contributed by atoms with E-state index >= 15 is 0 Å². The second-order valence-electron chi connectivity index (χ2n) is 6.11. The highest BCUT2D eigenvalue weighted by Crippen LogP contribution is 2.09. The van der Waals surface area contributed by atoms with Crippen molar-refractivity contribution in [1.82, 2.24) is 5.32 Å². The SMILES string of the molecule is CC(C)OCc1ccc(C(=O)N[C@H](Cc2ccccc2)C(=O)O)cc1. The number of hydrogen-bond donors (Lipinski definition) is 2. The maximum Gasteiger partial charge on any atom is 0.326 e. The molecule has 0 aromatic heterocycles. The summed E-state index contributed by atoms with van der Waals surface area (Å²) >= 11 is 0. The highest BCUT2D eigenvalue weighted by molar-refractivity contribution is 5.96. The molecule has 0 aliphatic carbocycles. The molecule has 0 aliphatic rings. The molecule has 0 saturated heterocycles. The topological polar surface area (TPSA) is 75.6 Å². The normalized spacial score (nSPS) is 12.0. The van der Waals surface area contributed by atoms with Gasteiger partial charge in [-0.25, -0.2) is 4.79 Å². The molecule has 25 heavy (non-hydrogen) atoms. The molecule has 132 valence electrons. The fourth-order valence-corrected chi connectivity index (χ4v) is 2.31. The molecule has 1 atom stereocenters. The predicted molar refractivity (Wildman–Crippen MR) is 95.4 cm³/mol. The largest absolute Gasteiger partial charge is 0.480 e. The van der Waals surface area contributed by atoms with Crippen molar-refractivity contribution >= 4 is 11.9 Å². The summed E-state index contributed by atoms with van der Waals surface area (Å²) in [6.07, 6.45) is 0.375. The highest BCUT2D eigenvalue weighted by atomic mass is 16.5. The van der Waals surface area contributed by atoms with Gasteiger partial charge in [0.15, 0.2) is 0 Å². The van der Waals surface area contributed by atoms with E-state index in [9.17, 15) is 14.7 Å². The van der Waals surface area contributed by atoms with Crippen LogP contribution < -0.4 is 5.32 Å². The van der Waals surface area contributed by atoms with E-state index < -0.39 is 17.9 Å². The van der Waals surface area contributed by atoms with E-state index in [1.54, 1.807) is 12.1 Å². The highest BCUT2D eigenvalue weighted by Gasteiger charge is 2.21. The number of hydrogen-bond acceptors (Lipinski definition) is 3. The predicted octanol–water partition coefficient (Wildman–Crippen LogP) is 3.04. The molecule has 2 rings (SSSR count). The monoisotopic (exact) mass is 341 g/mol. The van der Waals surface area contributed by atoms with Gasteiger partial charge in [-0.15, -0.1) is 0 Å². The Morgan fingerprint density at radius 3 is 2.20 bits per heavy atom. The third-order valence-corrected chi connectivity index (χ3v) is 3.69. The zero-order chi connectivity index (χ0) is 18.2. The number of benzene rings is 2. The van der Waals surface area contributed by atoms with Crippen molar-refractivity contribution in [1.29, 1.82) is 0 Å². The van der Waals surface area contributed by atoms with Crippen LogP contribution >= 0.6 is 0 Å². The summed E-state index contributed by atoms with van der Waals surface area (Å²) < 4.78 is 5.51. The number of ether oxygens (including phenoxy) is 1. The Morgan fingerprint density at radius 1 is 1.00 bits per heavy atom. The quantitative estimate of drug-likeness (QED) is 0.774. The first-order chi connectivity index (χ1) is 12.0. The third kappa shape index (κ3) is 6.04. The lowest BCUT2D eigenvalue weighted by Gasteiger charge is -2.15. The molecule has 0 spiro atoms. The van der Waals surface area contributed by atoms with Gasteiger partial charge in [0.2, 0.25) is 0 Å². The molecule has 1 amide bonds. The first-order valence-corrected chi connectivity index (χ1v) is 8.24. The molecule has 0 bridgehead atoms. The third-order valence-electron chi connectivity index (χ3n) is 3.69. The second-order valence-corrected chi connectivity index (χ2v) is 6.11. The summed E-state index contributed by atoms with van der Waals surface area (Å²) in [6.45, 7) is 4.40. The van der Waals surface area contributed by atoms with Gasteiger partial charge in [0.05, 0.1) is 12.7 Å². The van der Waals surface area contributed by atoms with E-state index in [1.165, 1.54) is 0 Å². The summed E-state index contributed by atoms with van der Waals surface area (Å²) in [5, 5.41) is 11.9. The van der Waals surface area contributed by atoms with Crippen LogP contribution in [0.5, 0.6) is 0 Å². The standard InChI is InChI=1S/C20H23NO4/c1-14(2)25-13-16-8-10-17(11-9-16)19(22)21-18(20(23)24)12-15-6-4-3-5-7-15/h3-11,14,18H,12-13H2,1-2H3,(H,21,22)(H,23,24)/t18-/m1/s1. The number of nitrogens with one attached hydrogen (secondary N) is 1. The maximum atomic E-state index is 12.3. The van der Waals surface area contributed by atoms with Gasteiger partial charge in [0.1, 0.15) is 6.04 Å². The van der Waals surface area contributed by atoms with Crippen molar-refractivity contribution in [2.24, 2.45) is 0 Å². The molecule has 2 N–H and O–H groups in total. The van der Waals surface area contributed by atoms with Crippen LogP contribution in [0.3, 0.4) is 0 Å². The van der Waals surface area contributed by atoms with Gasteiger partial charge in [-0.1, -0.05) is 42.5 Å². The minimum atomic E-state index is -1.06. The number of aliphatic carboxylic acids is 1. The summed E-state index contributed by atoms with van der Waals surface area (Å²) in [6, 6.07) is 15.2. The lowest BCUT2D eigenvalue weighted by molar-refractivity contribution is -0.139. The fraction of sp³-hybridized carbons (Fsp3) is 0.300. The van der Waals surface area contributed by atoms with Gasteiger partial charge in [-0.3, -0.25) is 4.79 Å². The van der Waals surface area contributed by atoms with E-state index in [1.807, 2.05) is 56.3 Å². The Hall–Kier alpha value is -2.66. The van der Waals surface area contributed by atoms with Crippen molar-refractivity contribution < 1.29 is 19.4 Å². The summed E-state index contributed by atoms with van der Waals surface area (Å²) in [5.41, 5.74) is 2.24. The number of rotatable bonds is 8. The van der Waals surface area contributed by atoms with Gasteiger partial charge in [-0.2, -0.15) is 0 Å². The smallest absolute Gasteiger partial charge is 0.326 e. The van der Waals surface area contributed by atoms with E-state index in [-0.39, 0.29) is 12.5 Å². The van der Waals surface area contributed by atoms with Gasteiger partial charge in [0, 0.05) is 12.0 Å². The molecule has 2 aromatic rings. The zero-order valence-corrected chi connectivity index (χ0v) is 14.4. The molecule has 2 aromatic carbocycles. The zero-order valence-electron chi connectivity index (χ0n) is 14.4. The number of carbonyl (C=O) groups is 2. The molecule has 0 fully saturated rings. The number of carboxylic acid groups (broad SMARTS) is 1. The minimum absolute atomic E-state index is 0.136. The summed E-state index contributed by atoms with van der Waals surface area (Å²) in [4.78, 5) is 23.8. The van der Waals surface area contributed by atoms with E-state index in [0.29, 0.717) is 12.2 Å². The summed E-state index contributed by atoms with van der Waals surface area (Å²) in [5.74, 6) is -1.46. The second kappa shape index (κ2) is 8.99. The lowest BCUT2D eigenvalue weighted by atomic mass is 10.1. The van der Waals surface area contributed by atoms with Crippen LogP contribution in [-0.2, 0) is 22.6 Å². The number of carboxylic acids is 1. The Balaban J connectivity index is 1.99. The molecule has 0 aliphatic heterocycles. The van der Waals surface area contributed by atoms with Gasteiger partial charge < -0.3 is 15.2 Å². The van der Waals surface area contributed by atoms with Crippen LogP contribution in [0.4, 0.5) is 0 Å². The van der Waals surface area contributed by atoms with Crippen molar-refractivity contribution in [2.45, 2.75) is 39.0 Å². The average molecular weight is 341 g/mol. The molecular formula is C20H23NO4. The van der Waals surface area contributed by atoms with Crippen LogP contribution in [0.1, 0.15) is 35.3 Å². The van der Waals surface area contributed by atoms with Crippen LogP contribution in [0, 0.1) is 0 Å². The van der Waals surface area contributed by atoms with E-state index in [0.717, 1.165) is 11.1 Å². The Morgan fingerprint density at radius 2 is 1.64 bits per heavy atom. The lowest BCUT2D eigenvalue weighted by Crippen LogP contribution is -2.42. The van der Waals surface area contributed by atoms with Crippen molar-refractivity contribution in [3.8, 4) is 0 Å². The fourth-order valence-electron chi connectivity index (χ4n) is 2.31. The summed E-state index contributed by atoms with van der Waals surface area (Å²) in [7, 11) is 0. The van der Waals surface area contributed by atoms with Crippen LogP contribution in [0.15, 0.2) is 54.6 Å². The molecule has 5 heteroatoms. The van der Waals surface area contributed by atoms with Crippen molar-refractivity contribution in [3.05, 3.63) is 71.3 Å². The van der Waals surface area contributed by atoms with Crippen molar-refractivity contribution in [3.63, 3.8) is 0 Å². The van der Waals surface area contributed by atoms with Gasteiger partial charge in [-0.05, 0) is 37.1 Å². The Labute approximate surface area is 147 Å². The van der Waals surface area contributed by atoms with Crippen molar-refractivity contribution in [2.75, 3.05) is 0 Å². The van der Waals surface area contributed by atoms with Gasteiger partial charge in [0.25, 0.3) is 5.91 Å². The molecule has 0 radical (unpaired) electrons. The first-order valence-electron chi connectivity index (χ1n) is 8.24. The Kier molecular flexibility index (Phi) is 6.71. The molecule has 0 unspecified atom stereocenters. The van der Waals surface area contributed by atoms with Crippen LogP contribution in [-0.4, -0.2) is 29.1 Å².